The van der Waals surface area contributed by atoms with Gasteiger partial charge < -0.3 is 29.2 Å². The highest BCUT2D eigenvalue weighted by Gasteiger charge is 2.28. The lowest BCUT2D eigenvalue weighted by atomic mass is 9.94. The zero-order chi connectivity index (χ0) is 25.7. The van der Waals surface area contributed by atoms with Crippen LogP contribution in [-0.2, 0) is 4.79 Å². The van der Waals surface area contributed by atoms with Crippen molar-refractivity contribution in [1.82, 2.24) is 4.98 Å². The van der Waals surface area contributed by atoms with Crippen LogP contribution in [-0.4, -0.2) is 51.9 Å². The van der Waals surface area contributed by atoms with Crippen molar-refractivity contribution in [3.63, 3.8) is 0 Å². The molecular weight excluding hydrogens is 460 g/mol. The second-order valence-corrected chi connectivity index (χ2v) is 8.41. The van der Waals surface area contributed by atoms with E-state index in [4.69, 9.17) is 18.9 Å². The van der Waals surface area contributed by atoms with E-state index in [0.717, 1.165) is 22.3 Å². The maximum atomic E-state index is 13.1. The summed E-state index contributed by atoms with van der Waals surface area (Å²) in [5.41, 5.74) is 2.73. The number of hydrogen-bond acceptors (Lipinski definition) is 8. The van der Waals surface area contributed by atoms with Gasteiger partial charge >= 0.3 is 0 Å². The molecule has 3 aromatic rings. The van der Waals surface area contributed by atoms with E-state index in [2.05, 4.69) is 21.3 Å². The van der Waals surface area contributed by atoms with Gasteiger partial charge in [-0.05, 0) is 38.0 Å². The summed E-state index contributed by atoms with van der Waals surface area (Å²) < 4.78 is 21.8. The predicted molar refractivity (Wildman–Crippen MR) is 137 cm³/mol. The Labute approximate surface area is 210 Å². The lowest BCUT2D eigenvalue weighted by Gasteiger charge is -2.34. The fourth-order valence-corrected chi connectivity index (χ4v) is 4.60. The molecule has 0 bridgehead atoms. The van der Waals surface area contributed by atoms with Crippen LogP contribution < -0.4 is 29.2 Å². The third-order valence-electron chi connectivity index (χ3n) is 6.36. The number of ether oxygens (including phenoxy) is 4. The molecule has 9 nitrogen and oxygen atoms in total. The number of rotatable bonds is 8. The van der Waals surface area contributed by atoms with Crippen molar-refractivity contribution in [3.05, 3.63) is 42.1 Å². The molecule has 9 heteroatoms. The van der Waals surface area contributed by atoms with E-state index in [1.807, 2.05) is 25.1 Å². The Morgan fingerprint density at radius 1 is 1.11 bits per heavy atom. The Balaban J connectivity index is 1.51. The molecule has 4 rings (SSSR count). The van der Waals surface area contributed by atoms with E-state index in [1.54, 1.807) is 18.3 Å². The quantitative estimate of drug-likeness (QED) is 0.496. The van der Waals surface area contributed by atoms with Crippen molar-refractivity contribution in [2.45, 2.75) is 19.8 Å². The van der Waals surface area contributed by atoms with Crippen LogP contribution in [0.5, 0.6) is 23.0 Å². The average Bonchev–Trinajstić information content (AvgIpc) is 2.91. The normalized spacial score (nSPS) is 13.7. The van der Waals surface area contributed by atoms with Gasteiger partial charge in [0.2, 0.25) is 11.7 Å². The highest BCUT2D eigenvalue weighted by Crippen LogP contribution is 2.40. The van der Waals surface area contributed by atoms with Crippen LogP contribution in [0.3, 0.4) is 0 Å². The maximum Gasteiger partial charge on any atom is 0.227 e. The van der Waals surface area contributed by atoms with E-state index in [-0.39, 0.29) is 11.8 Å². The van der Waals surface area contributed by atoms with Crippen molar-refractivity contribution >= 4 is 28.2 Å². The lowest BCUT2D eigenvalue weighted by molar-refractivity contribution is -0.120. The first-order valence-corrected chi connectivity index (χ1v) is 11.8. The van der Waals surface area contributed by atoms with Crippen molar-refractivity contribution < 1.29 is 23.7 Å². The van der Waals surface area contributed by atoms with Gasteiger partial charge in [-0.15, -0.1) is 0 Å². The van der Waals surface area contributed by atoms with Gasteiger partial charge in [0.05, 0.1) is 44.7 Å². The largest absolute Gasteiger partial charge is 0.494 e. The number of pyridine rings is 1. The van der Waals surface area contributed by atoms with Gasteiger partial charge in [-0.2, -0.15) is 5.26 Å². The summed E-state index contributed by atoms with van der Waals surface area (Å²) in [6, 6.07) is 11.4. The molecule has 1 aliphatic heterocycles. The van der Waals surface area contributed by atoms with Crippen LogP contribution in [0.15, 0.2) is 36.5 Å². The molecule has 1 amide bonds. The van der Waals surface area contributed by atoms with E-state index < -0.39 is 0 Å². The molecule has 0 unspecified atom stereocenters. The Kier molecular flexibility index (Phi) is 7.64. The van der Waals surface area contributed by atoms with E-state index >= 15 is 0 Å². The van der Waals surface area contributed by atoms with Gasteiger partial charge in [0.15, 0.2) is 11.5 Å². The number of fused-ring (bicyclic) bond motifs is 1. The molecule has 2 aromatic carbocycles. The highest BCUT2D eigenvalue weighted by molar-refractivity contribution is 5.96. The minimum atomic E-state index is -0.169. The third kappa shape index (κ3) is 4.93. The topological polar surface area (TPSA) is 106 Å². The minimum Gasteiger partial charge on any atom is -0.494 e. The van der Waals surface area contributed by atoms with E-state index in [0.29, 0.717) is 61.0 Å². The molecule has 2 heterocycles. The molecule has 0 radical (unpaired) electrons. The van der Waals surface area contributed by atoms with Gasteiger partial charge in [-0.25, -0.2) is 0 Å². The van der Waals surface area contributed by atoms with Crippen LogP contribution in [0, 0.1) is 17.2 Å². The lowest BCUT2D eigenvalue weighted by Crippen LogP contribution is -2.38. The Morgan fingerprint density at radius 2 is 1.81 bits per heavy atom. The highest BCUT2D eigenvalue weighted by atomic mass is 16.5. The van der Waals surface area contributed by atoms with Crippen molar-refractivity contribution in [2.75, 3.05) is 51.2 Å². The second-order valence-electron chi connectivity index (χ2n) is 8.41. The molecule has 36 heavy (non-hydrogen) atoms. The summed E-state index contributed by atoms with van der Waals surface area (Å²) in [6.45, 7) is 3.77. The molecule has 0 spiro atoms. The summed E-state index contributed by atoms with van der Waals surface area (Å²) in [6.07, 6.45) is 2.91. The predicted octanol–water partition coefficient (Wildman–Crippen LogP) is 4.39. The van der Waals surface area contributed by atoms with Crippen LogP contribution in [0.4, 0.5) is 11.4 Å². The van der Waals surface area contributed by atoms with Gasteiger partial charge in [0.1, 0.15) is 11.8 Å². The van der Waals surface area contributed by atoms with Crippen LogP contribution >= 0.6 is 0 Å². The van der Waals surface area contributed by atoms with Crippen molar-refractivity contribution in [3.8, 4) is 29.1 Å². The fraction of sp³-hybridized carbons (Fsp3) is 0.370. The average molecular weight is 491 g/mol. The molecule has 0 atom stereocenters. The summed E-state index contributed by atoms with van der Waals surface area (Å²) in [7, 11) is 4.61. The van der Waals surface area contributed by atoms with E-state index in [1.165, 1.54) is 21.3 Å². The van der Waals surface area contributed by atoms with Crippen LogP contribution in [0.25, 0.3) is 10.9 Å². The number of methoxy groups -OCH3 is 3. The smallest absolute Gasteiger partial charge is 0.227 e. The zero-order valence-corrected chi connectivity index (χ0v) is 21.0. The molecule has 0 saturated carbocycles. The summed E-state index contributed by atoms with van der Waals surface area (Å²) in [4.78, 5) is 19.7. The van der Waals surface area contributed by atoms with Gasteiger partial charge in [-0.1, -0.05) is 0 Å². The number of anilines is 2. The number of nitrogens with zero attached hydrogens (tertiary/aromatic N) is 3. The first-order chi connectivity index (χ1) is 17.5. The Morgan fingerprint density at radius 3 is 2.39 bits per heavy atom. The molecule has 1 aliphatic rings. The molecule has 1 N–H and O–H groups in total. The standard InChI is InChI=1S/C27H30N4O5/c1-5-36-20-6-7-22-21(14-20)25(18(15-28)16-29-22)31-10-8-17(9-11-31)27(32)30-19-12-23(33-2)26(35-4)24(13-19)34-3/h6-7,12-14,16-17H,5,8-11H2,1-4H3,(H,30,32). The summed E-state index contributed by atoms with van der Waals surface area (Å²) in [5, 5.41) is 13.6. The molecule has 188 valence electrons. The van der Waals surface area contributed by atoms with Crippen molar-refractivity contribution in [1.29, 1.82) is 5.26 Å². The molecule has 1 saturated heterocycles. The first kappa shape index (κ1) is 24.9. The zero-order valence-electron chi connectivity index (χ0n) is 21.0. The summed E-state index contributed by atoms with van der Waals surface area (Å²) >= 11 is 0. The number of amides is 1. The van der Waals surface area contributed by atoms with E-state index in [9.17, 15) is 10.1 Å². The molecular formula is C27H30N4O5. The summed E-state index contributed by atoms with van der Waals surface area (Å²) in [5.74, 6) is 1.92. The SMILES string of the molecule is CCOc1ccc2ncc(C#N)c(N3CCC(C(=O)Nc4cc(OC)c(OC)c(OC)c4)CC3)c2c1. The minimum absolute atomic E-state index is 0.0670. The second kappa shape index (κ2) is 11.0. The third-order valence-corrected chi connectivity index (χ3v) is 6.36. The number of aromatic nitrogens is 1. The maximum absolute atomic E-state index is 13.1. The number of nitrogens with one attached hydrogen (secondary N) is 1. The Hall–Kier alpha value is -4.19. The number of benzene rings is 2. The van der Waals surface area contributed by atoms with Gasteiger partial charge in [0.25, 0.3) is 0 Å². The number of nitriles is 1. The van der Waals surface area contributed by atoms with Gasteiger partial charge in [0, 0.05) is 48.4 Å². The molecule has 1 aromatic heterocycles. The molecule has 0 aliphatic carbocycles. The monoisotopic (exact) mass is 490 g/mol. The number of carbonyl (C=O) groups excluding carboxylic acids is 1. The first-order valence-electron chi connectivity index (χ1n) is 11.8. The van der Waals surface area contributed by atoms with Gasteiger partial charge in [-0.3, -0.25) is 9.78 Å². The number of piperidine rings is 1. The fourth-order valence-electron chi connectivity index (χ4n) is 4.60. The van der Waals surface area contributed by atoms with Crippen molar-refractivity contribution in [2.24, 2.45) is 5.92 Å². The van der Waals surface area contributed by atoms with Crippen LogP contribution in [0.2, 0.25) is 0 Å². The number of carbonyl (C=O) groups is 1. The molecule has 1 fully saturated rings. The van der Waals surface area contributed by atoms with Crippen LogP contribution in [0.1, 0.15) is 25.3 Å². The number of hydrogen-bond donors (Lipinski definition) is 1. The Bertz CT molecular complexity index is 1270.